The first-order valence-electron chi connectivity index (χ1n) is 10.5. The summed E-state index contributed by atoms with van der Waals surface area (Å²) in [4.78, 5) is 13.3. The molecule has 0 aromatic carbocycles. The Morgan fingerprint density at radius 3 is 2.48 bits per heavy atom. The predicted molar refractivity (Wildman–Crippen MR) is 97.9 cm³/mol. The van der Waals surface area contributed by atoms with Crippen LogP contribution in [-0.2, 0) is 9.53 Å². The van der Waals surface area contributed by atoms with E-state index in [-0.39, 0.29) is 17.7 Å². The van der Waals surface area contributed by atoms with Gasteiger partial charge >= 0.3 is 0 Å². The van der Waals surface area contributed by atoms with E-state index in [9.17, 15) is 4.79 Å². The van der Waals surface area contributed by atoms with Crippen molar-refractivity contribution in [3.8, 4) is 0 Å². The summed E-state index contributed by atoms with van der Waals surface area (Å²) in [6.07, 6.45) is 7.69. The van der Waals surface area contributed by atoms with Gasteiger partial charge in [-0.2, -0.15) is 0 Å². The molecule has 25 heavy (non-hydrogen) atoms. The van der Waals surface area contributed by atoms with E-state index < -0.39 is 0 Å². The third kappa shape index (κ3) is 2.27. The number of ketones is 1. The first kappa shape index (κ1) is 16.5. The van der Waals surface area contributed by atoms with Crippen molar-refractivity contribution < 1.29 is 9.53 Å². The molecule has 3 heteroatoms. The van der Waals surface area contributed by atoms with Gasteiger partial charge < -0.3 is 4.74 Å². The number of ether oxygens (including phenoxy) is 1. The van der Waals surface area contributed by atoms with E-state index in [0.29, 0.717) is 29.6 Å². The van der Waals surface area contributed by atoms with Crippen molar-refractivity contribution in [3.63, 3.8) is 0 Å². The molecule has 3 saturated carbocycles. The molecule has 3 nitrogen and oxygen atoms in total. The van der Waals surface area contributed by atoms with Crippen molar-refractivity contribution in [3.05, 3.63) is 11.1 Å². The number of carbonyl (C=O) groups excluding carboxylic acids is 1. The zero-order chi connectivity index (χ0) is 17.5. The van der Waals surface area contributed by atoms with Gasteiger partial charge in [-0.05, 0) is 76.5 Å². The first-order valence-corrected chi connectivity index (χ1v) is 10.5. The summed E-state index contributed by atoms with van der Waals surface area (Å²) >= 11 is 0. The number of nitrogens with one attached hydrogen (secondary N) is 1. The fourth-order valence-electron chi connectivity index (χ4n) is 7.28. The van der Waals surface area contributed by atoms with Gasteiger partial charge in [0.15, 0.2) is 5.78 Å². The molecule has 0 aromatic heterocycles. The summed E-state index contributed by atoms with van der Waals surface area (Å²) in [6, 6.07) is 0. The maximum absolute atomic E-state index is 13.3. The molecule has 8 atom stereocenters. The summed E-state index contributed by atoms with van der Waals surface area (Å²) in [5.74, 6) is 3.94. The van der Waals surface area contributed by atoms with Gasteiger partial charge in [0.1, 0.15) is 6.23 Å². The van der Waals surface area contributed by atoms with Gasteiger partial charge in [-0.25, -0.2) is 0 Å². The van der Waals surface area contributed by atoms with Crippen LogP contribution >= 0.6 is 0 Å². The van der Waals surface area contributed by atoms with E-state index in [1.54, 1.807) is 0 Å². The van der Waals surface area contributed by atoms with Gasteiger partial charge in [-0.3, -0.25) is 10.1 Å². The lowest BCUT2D eigenvalue weighted by Crippen LogP contribution is -2.63. The largest absolute Gasteiger partial charge is 0.355 e. The second kappa shape index (κ2) is 5.42. The average Bonchev–Trinajstić information content (AvgIpc) is 3.20. The van der Waals surface area contributed by atoms with Crippen LogP contribution in [0.3, 0.4) is 0 Å². The minimum absolute atomic E-state index is 0.0396. The second-order valence-corrected chi connectivity index (χ2v) is 10.3. The predicted octanol–water partition coefficient (Wildman–Crippen LogP) is 4.08. The molecule has 1 saturated heterocycles. The Hall–Kier alpha value is -0.670. The molecule has 5 aliphatic rings. The van der Waals surface area contributed by atoms with E-state index in [1.165, 1.54) is 37.7 Å². The van der Waals surface area contributed by atoms with Crippen molar-refractivity contribution >= 4 is 5.78 Å². The summed E-state index contributed by atoms with van der Waals surface area (Å²) in [6.45, 7) is 9.20. The molecule has 1 heterocycles. The van der Waals surface area contributed by atoms with Gasteiger partial charge in [0.2, 0.25) is 0 Å². The number of Topliss-reactive ketones (excluding diaryl/α,β-unsaturated/α-hetero) is 1. The minimum Gasteiger partial charge on any atom is -0.355 e. The molecule has 1 N–H and O–H groups in total. The van der Waals surface area contributed by atoms with Crippen LogP contribution in [0.15, 0.2) is 11.1 Å². The third-order valence-corrected chi connectivity index (χ3v) is 8.47. The van der Waals surface area contributed by atoms with Crippen LogP contribution in [0, 0.1) is 35.5 Å². The molecule has 0 unspecified atom stereocenters. The number of hydrogen-bond acceptors (Lipinski definition) is 3. The normalized spacial score (nSPS) is 51.0. The van der Waals surface area contributed by atoms with Gasteiger partial charge in [-0.1, -0.05) is 18.9 Å². The SMILES string of the molecule is CC1=C([C@H]2NC(C)(C)[C@@H]3CC[C@@H](C)C[C@H]3O2)C(=O)[C@H]2[C@@H]3CC[C@@H](C3)[C@@H]12. The van der Waals surface area contributed by atoms with Crippen LogP contribution in [-0.4, -0.2) is 23.7 Å². The number of rotatable bonds is 1. The van der Waals surface area contributed by atoms with Crippen LogP contribution < -0.4 is 5.32 Å². The van der Waals surface area contributed by atoms with Gasteiger partial charge in [0.25, 0.3) is 0 Å². The fraction of sp³-hybridized carbons (Fsp3) is 0.864. The Kier molecular flexibility index (Phi) is 3.58. The summed E-state index contributed by atoms with van der Waals surface area (Å²) in [7, 11) is 0. The maximum Gasteiger partial charge on any atom is 0.166 e. The lowest BCUT2D eigenvalue weighted by atomic mass is 9.70. The topological polar surface area (TPSA) is 38.3 Å². The quantitative estimate of drug-likeness (QED) is 0.780. The zero-order valence-electron chi connectivity index (χ0n) is 16.2. The van der Waals surface area contributed by atoms with Crippen LogP contribution in [0.4, 0.5) is 0 Å². The highest BCUT2D eigenvalue weighted by molar-refractivity contribution is 6.02. The van der Waals surface area contributed by atoms with E-state index in [2.05, 4.69) is 33.0 Å². The van der Waals surface area contributed by atoms with Crippen LogP contribution in [0.5, 0.6) is 0 Å². The molecular formula is C22H33NO2. The lowest BCUT2D eigenvalue weighted by molar-refractivity contribution is -0.146. The summed E-state index contributed by atoms with van der Waals surface area (Å²) in [5.41, 5.74) is 2.41. The highest BCUT2D eigenvalue weighted by Gasteiger charge is 2.58. The molecule has 0 aromatic rings. The average molecular weight is 344 g/mol. The number of carbonyl (C=O) groups is 1. The van der Waals surface area contributed by atoms with Crippen LogP contribution in [0.2, 0.25) is 0 Å². The molecule has 4 fully saturated rings. The highest BCUT2D eigenvalue weighted by Crippen LogP contribution is 2.59. The van der Waals surface area contributed by atoms with Gasteiger partial charge in [0, 0.05) is 22.9 Å². The Bertz CT molecular complexity index is 636. The molecule has 0 spiro atoms. The maximum atomic E-state index is 13.3. The molecule has 138 valence electrons. The number of fused-ring (bicyclic) bond motifs is 6. The van der Waals surface area contributed by atoms with Gasteiger partial charge in [-0.15, -0.1) is 0 Å². The van der Waals surface area contributed by atoms with E-state index in [4.69, 9.17) is 4.74 Å². The Balaban J connectivity index is 1.46. The lowest BCUT2D eigenvalue weighted by Gasteiger charge is -2.51. The first-order chi connectivity index (χ1) is 11.9. The summed E-state index contributed by atoms with van der Waals surface area (Å²) in [5, 5.41) is 3.75. The molecule has 0 radical (unpaired) electrons. The van der Waals surface area contributed by atoms with Crippen molar-refractivity contribution in [1.29, 1.82) is 0 Å². The van der Waals surface area contributed by atoms with Crippen LogP contribution in [0.25, 0.3) is 0 Å². The molecular weight excluding hydrogens is 310 g/mol. The van der Waals surface area contributed by atoms with Crippen molar-refractivity contribution in [2.75, 3.05) is 0 Å². The van der Waals surface area contributed by atoms with E-state index in [0.717, 1.165) is 23.8 Å². The fourth-order valence-corrected chi connectivity index (χ4v) is 7.28. The molecule has 0 amide bonds. The van der Waals surface area contributed by atoms with E-state index in [1.807, 2.05) is 0 Å². The molecule has 4 aliphatic carbocycles. The Morgan fingerprint density at radius 1 is 1.04 bits per heavy atom. The Labute approximate surface area is 152 Å². The molecule has 5 rings (SSSR count). The summed E-state index contributed by atoms with van der Waals surface area (Å²) < 4.78 is 6.59. The Morgan fingerprint density at radius 2 is 1.76 bits per heavy atom. The molecule has 1 aliphatic heterocycles. The highest BCUT2D eigenvalue weighted by atomic mass is 16.5. The smallest absolute Gasteiger partial charge is 0.166 e. The standard InChI is InChI=1S/C22H33NO2/c1-11-5-8-15-16(9-11)25-21(23-22(15,3)4)18-12(2)17-13-6-7-14(10-13)19(17)20(18)24/h11,13-17,19,21,23H,5-10H2,1-4H3/t11-,13+,14-,15-,16-,17-,19+,21+/m1/s1. The van der Waals surface area contributed by atoms with Crippen molar-refractivity contribution in [2.24, 2.45) is 35.5 Å². The minimum atomic E-state index is -0.181. The van der Waals surface area contributed by atoms with Crippen LogP contribution in [0.1, 0.15) is 66.2 Å². The van der Waals surface area contributed by atoms with E-state index >= 15 is 0 Å². The third-order valence-electron chi connectivity index (χ3n) is 8.47. The second-order valence-electron chi connectivity index (χ2n) is 10.3. The number of allylic oxidation sites excluding steroid dienone is 1. The van der Waals surface area contributed by atoms with Gasteiger partial charge in [0.05, 0.1) is 6.10 Å². The molecule has 2 bridgehead atoms. The number of hydrogen-bond donors (Lipinski definition) is 1. The monoisotopic (exact) mass is 343 g/mol. The zero-order valence-corrected chi connectivity index (χ0v) is 16.2. The van der Waals surface area contributed by atoms with Crippen molar-refractivity contribution in [1.82, 2.24) is 5.32 Å². The van der Waals surface area contributed by atoms with Crippen molar-refractivity contribution in [2.45, 2.75) is 84.1 Å².